The first kappa shape index (κ1) is 33.3. The molecule has 0 aliphatic carbocycles. The molecule has 5 aromatic rings. The molecule has 1 unspecified atom stereocenters. The summed E-state index contributed by atoms with van der Waals surface area (Å²) in [6.45, 7) is 2.58. The zero-order valence-corrected chi connectivity index (χ0v) is 27.4. The number of methoxy groups -OCH3 is 1. The molecular formula is C39H39N5O5. The van der Waals surface area contributed by atoms with Gasteiger partial charge in [-0.15, -0.1) is 5.10 Å². The maximum atomic E-state index is 13.9. The van der Waals surface area contributed by atoms with E-state index in [-0.39, 0.29) is 30.9 Å². The highest BCUT2D eigenvalue weighted by Crippen LogP contribution is 2.45. The number of rotatable bonds is 13. The van der Waals surface area contributed by atoms with Gasteiger partial charge in [-0.25, -0.2) is 0 Å². The van der Waals surface area contributed by atoms with Crippen LogP contribution in [-0.2, 0) is 23.5 Å². The third-order valence-corrected chi connectivity index (χ3v) is 8.99. The summed E-state index contributed by atoms with van der Waals surface area (Å²) in [5, 5.41) is 33.4. The predicted octanol–water partition coefficient (Wildman–Crippen LogP) is 5.68. The van der Waals surface area contributed by atoms with E-state index in [1.807, 2.05) is 85.9 Å². The van der Waals surface area contributed by atoms with E-state index >= 15 is 0 Å². The van der Waals surface area contributed by atoms with Crippen molar-refractivity contribution in [3.8, 4) is 5.75 Å². The van der Waals surface area contributed by atoms with Crippen LogP contribution in [0, 0.1) is 5.92 Å². The Bertz CT molecular complexity index is 1920. The van der Waals surface area contributed by atoms with Gasteiger partial charge in [-0.05, 0) is 60.0 Å². The van der Waals surface area contributed by atoms with Gasteiger partial charge in [0.25, 0.3) is 11.8 Å². The Labute approximate surface area is 285 Å². The van der Waals surface area contributed by atoms with E-state index in [1.54, 1.807) is 59.2 Å². The minimum atomic E-state index is -1.73. The number of benzene rings is 4. The minimum absolute atomic E-state index is 0.0693. The number of nitrogens with one attached hydrogen (secondary N) is 1. The lowest BCUT2D eigenvalue weighted by Gasteiger charge is -2.27. The number of fused-ring (bicyclic) bond motifs is 1. The number of ether oxygens (including phenoxy) is 1. The van der Waals surface area contributed by atoms with Gasteiger partial charge < -0.3 is 25.2 Å². The molecule has 0 radical (unpaired) electrons. The highest BCUT2D eigenvalue weighted by Gasteiger charge is 2.52. The molecule has 4 aromatic carbocycles. The Morgan fingerprint density at radius 2 is 1.69 bits per heavy atom. The summed E-state index contributed by atoms with van der Waals surface area (Å²) in [6.07, 6.45) is 6.27. The maximum Gasteiger partial charge on any atom is 0.264 e. The van der Waals surface area contributed by atoms with E-state index in [0.717, 1.165) is 11.1 Å². The second-order valence-electron chi connectivity index (χ2n) is 12.1. The summed E-state index contributed by atoms with van der Waals surface area (Å²) in [7, 11) is 1.57. The monoisotopic (exact) mass is 657 g/mol. The Hall–Kier alpha value is -5.58. The molecule has 0 spiro atoms. The van der Waals surface area contributed by atoms with Gasteiger partial charge in [-0.1, -0.05) is 85.0 Å². The number of para-hydroxylation sites is 1. The largest absolute Gasteiger partial charge is 0.497 e. The van der Waals surface area contributed by atoms with Crippen LogP contribution in [0.3, 0.4) is 0 Å². The number of amides is 2. The van der Waals surface area contributed by atoms with Gasteiger partial charge in [0.1, 0.15) is 5.75 Å². The van der Waals surface area contributed by atoms with Gasteiger partial charge in [0.05, 0.1) is 37.6 Å². The fraction of sp³-hybridized carbons (Fsp3) is 0.231. The molecule has 6 rings (SSSR count). The molecule has 10 heteroatoms. The molecule has 2 heterocycles. The van der Waals surface area contributed by atoms with Crippen LogP contribution in [0.15, 0.2) is 121 Å². The molecule has 1 aliphatic rings. The van der Waals surface area contributed by atoms with Crippen LogP contribution in [-0.4, -0.2) is 50.7 Å². The van der Waals surface area contributed by atoms with Gasteiger partial charge in [-0.2, -0.15) is 0 Å². The lowest BCUT2D eigenvalue weighted by atomic mass is 9.83. The second kappa shape index (κ2) is 14.7. The number of hydrogen-bond donors (Lipinski definition) is 3. The standard InChI is InChI=1S/C39H39N5O5/c1-27(10-8-9-23-43-25-35(41-42-43)33(26-45)29-11-4-3-5-12-29)39(48)34-13-6-7-14-36(34)44(38(39)47)24-28-15-19-31(20-16-28)40-37(46)30-17-21-32(49-2)22-18-30/h3-8,10-22,25,27,33,45,48H,9,23-24,26H2,1-2H3,(H,40,46)/b10-8+/t27-,33?,39+/m1/s1. The van der Waals surface area contributed by atoms with E-state index in [9.17, 15) is 19.8 Å². The predicted molar refractivity (Wildman–Crippen MR) is 187 cm³/mol. The van der Waals surface area contributed by atoms with Crippen molar-refractivity contribution in [2.24, 2.45) is 5.92 Å². The van der Waals surface area contributed by atoms with E-state index < -0.39 is 11.5 Å². The Kier molecular flexibility index (Phi) is 9.98. The molecule has 49 heavy (non-hydrogen) atoms. The SMILES string of the molecule is COc1ccc(C(=O)Nc2ccc(CN3C(=O)[C@](O)([C@H](C)/C=C/CCn4cc(C(CO)c5ccccc5)nn4)c4ccccc43)cc2)cc1. The average Bonchev–Trinajstić information content (AvgIpc) is 3.69. The average molecular weight is 658 g/mol. The normalized spacial score (nSPS) is 16.8. The summed E-state index contributed by atoms with van der Waals surface area (Å²) in [5.41, 5.74) is 3.15. The second-order valence-corrected chi connectivity index (χ2v) is 12.1. The number of anilines is 2. The molecule has 0 saturated carbocycles. The molecule has 0 saturated heterocycles. The van der Waals surface area contributed by atoms with Gasteiger partial charge in [0.2, 0.25) is 0 Å². The van der Waals surface area contributed by atoms with Gasteiger partial charge >= 0.3 is 0 Å². The number of aliphatic hydroxyl groups is 2. The first-order valence-electron chi connectivity index (χ1n) is 16.2. The topological polar surface area (TPSA) is 130 Å². The molecule has 3 N–H and O–H groups in total. The molecule has 0 fully saturated rings. The number of aryl methyl sites for hydroxylation is 1. The third-order valence-electron chi connectivity index (χ3n) is 8.99. The molecule has 1 aliphatic heterocycles. The Balaban J connectivity index is 1.09. The number of nitrogens with zero attached hydrogens (tertiary/aromatic N) is 4. The van der Waals surface area contributed by atoms with Crippen molar-refractivity contribution < 1.29 is 24.5 Å². The number of aromatic nitrogens is 3. The Morgan fingerprint density at radius 3 is 2.41 bits per heavy atom. The van der Waals surface area contributed by atoms with Crippen LogP contribution >= 0.6 is 0 Å². The molecule has 250 valence electrons. The summed E-state index contributed by atoms with van der Waals surface area (Å²) in [4.78, 5) is 28.3. The van der Waals surface area contributed by atoms with Gasteiger partial charge in [0.15, 0.2) is 5.60 Å². The first-order valence-corrected chi connectivity index (χ1v) is 16.2. The van der Waals surface area contributed by atoms with Crippen LogP contribution in [0.5, 0.6) is 5.75 Å². The smallest absolute Gasteiger partial charge is 0.264 e. The van der Waals surface area contributed by atoms with Crippen molar-refractivity contribution in [1.82, 2.24) is 15.0 Å². The zero-order chi connectivity index (χ0) is 34.4. The summed E-state index contributed by atoms with van der Waals surface area (Å²) in [6, 6.07) is 31.2. The lowest BCUT2D eigenvalue weighted by Crippen LogP contribution is -2.44. The molecule has 3 atom stereocenters. The van der Waals surface area contributed by atoms with Crippen LogP contribution in [0.25, 0.3) is 0 Å². The Morgan fingerprint density at radius 1 is 0.980 bits per heavy atom. The summed E-state index contributed by atoms with van der Waals surface area (Å²) >= 11 is 0. The number of aliphatic hydroxyl groups excluding tert-OH is 1. The molecule has 1 aromatic heterocycles. The number of carbonyl (C=O) groups excluding carboxylic acids is 2. The maximum absolute atomic E-state index is 13.9. The quantitative estimate of drug-likeness (QED) is 0.139. The minimum Gasteiger partial charge on any atom is -0.497 e. The molecule has 0 bridgehead atoms. The highest BCUT2D eigenvalue weighted by atomic mass is 16.5. The lowest BCUT2D eigenvalue weighted by molar-refractivity contribution is -0.139. The summed E-state index contributed by atoms with van der Waals surface area (Å²) in [5.74, 6) is -0.717. The van der Waals surface area contributed by atoms with Crippen LogP contribution < -0.4 is 15.0 Å². The first-order chi connectivity index (χ1) is 23.8. The molecule has 2 amide bonds. The number of carbonyl (C=O) groups is 2. The fourth-order valence-corrected chi connectivity index (χ4v) is 6.16. The van der Waals surface area contributed by atoms with Gasteiger partial charge in [0, 0.05) is 35.5 Å². The van der Waals surface area contributed by atoms with Crippen molar-refractivity contribution in [2.45, 2.75) is 38.0 Å². The van der Waals surface area contributed by atoms with E-state index in [0.29, 0.717) is 46.9 Å². The van der Waals surface area contributed by atoms with E-state index in [2.05, 4.69) is 15.6 Å². The summed E-state index contributed by atoms with van der Waals surface area (Å²) < 4.78 is 6.89. The van der Waals surface area contributed by atoms with Crippen molar-refractivity contribution in [1.29, 1.82) is 0 Å². The molecular weight excluding hydrogens is 618 g/mol. The van der Waals surface area contributed by atoms with Crippen LogP contribution in [0.2, 0.25) is 0 Å². The van der Waals surface area contributed by atoms with Crippen molar-refractivity contribution in [2.75, 3.05) is 23.9 Å². The molecule has 10 nitrogen and oxygen atoms in total. The number of allylic oxidation sites excluding steroid dienone is 1. The van der Waals surface area contributed by atoms with E-state index in [4.69, 9.17) is 4.74 Å². The van der Waals surface area contributed by atoms with Crippen molar-refractivity contribution in [3.05, 3.63) is 149 Å². The van der Waals surface area contributed by atoms with Crippen LogP contribution in [0.4, 0.5) is 11.4 Å². The van der Waals surface area contributed by atoms with E-state index in [1.165, 1.54) is 0 Å². The van der Waals surface area contributed by atoms with Gasteiger partial charge in [-0.3, -0.25) is 14.3 Å². The number of hydrogen-bond acceptors (Lipinski definition) is 7. The third kappa shape index (κ3) is 7.01. The van der Waals surface area contributed by atoms with Crippen molar-refractivity contribution >= 4 is 23.2 Å². The van der Waals surface area contributed by atoms with Crippen LogP contribution in [0.1, 0.15) is 52.0 Å². The van der Waals surface area contributed by atoms with Crippen molar-refractivity contribution in [3.63, 3.8) is 0 Å². The fourth-order valence-electron chi connectivity index (χ4n) is 6.16. The zero-order valence-electron chi connectivity index (χ0n) is 27.4. The highest BCUT2D eigenvalue weighted by molar-refractivity contribution is 6.07.